The molecule has 6 rings (SSSR count). The molecule has 0 aromatic heterocycles. The molecule has 0 aliphatic rings. The molecule has 0 aliphatic carbocycles. The molecule has 6 aromatic rings. The summed E-state index contributed by atoms with van der Waals surface area (Å²) in [6.07, 6.45) is 0. The molecule has 0 saturated heterocycles. The zero-order chi connectivity index (χ0) is 31.6. The lowest BCUT2D eigenvalue weighted by atomic mass is 9.84. The van der Waals surface area contributed by atoms with Crippen LogP contribution in [0.25, 0.3) is 11.1 Å². The Morgan fingerprint density at radius 2 is 1.04 bits per heavy atom. The maximum Gasteiger partial charge on any atom is 0.0789 e. The lowest BCUT2D eigenvalue weighted by molar-refractivity contribution is 0.590. The predicted molar refractivity (Wildman–Crippen MR) is 198 cm³/mol. The van der Waals surface area contributed by atoms with Crippen molar-refractivity contribution in [3.05, 3.63) is 166 Å². The van der Waals surface area contributed by atoms with E-state index >= 15 is 0 Å². The number of nitrogens with zero attached hydrogens (tertiary/aromatic N) is 2. The standard InChI is InChI=1S/C40H33BrCl2N2/c1-40(2,3)29-22-23-37(35(24-29)28-14-7-4-8-15-28)45(38-26-30(42)25-36(41)39(38)43)34-21-13-20-33(27-34)44(31-16-9-5-10-17-31)32-18-11-6-12-19-32/h4-27H,1-3H3. The third-order valence-corrected chi connectivity index (χ3v) is 9.25. The first-order chi connectivity index (χ1) is 21.7. The SMILES string of the molecule is CC(C)(C)c1ccc(N(c2cccc(N(c3ccccc3)c3ccccc3)c2)c2cc(Cl)cc(Br)c2Cl)c(-c2ccccc2)c1. The van der Waals surface area contributed by atoms with Gasteiger partial charge in [-0.25, -0.2) is 0 Å². The van der Waals surface area contributed by atoms with Crippen LogP contribution in [0.5, 0.6) is 0 Å². The van der Waals surface area contributed by atoms with Crippen LogP contribution < -0.4 is 9.80 Å². The summed E-state index contributed by atoms with van der Waals surface area (Å²) in [5, 5.41) is 1.16. The van der Waals surface area contributed by atoms with Crippen molar-refractivity contribution < 1.29 is 0 Å². The third-order valence-electron chi connectivity index (χ3n) is 7.78. The van der Waals surface area contributed by atoms with E-state index < -0.39 is 0 Å². The maximum atomic E-state index is 7.10. The Labute approximate surface area is 284 Å². The maximum absolute atomic E-state index is 7.10. The van der Waals surface area contributed by atoms with Crippen LogP contribution in [0.3, 0.4) is 0 Å². The fourth-order valence-electron chi connectivity index (χ4n) is 5.53. The van der Waals surface area contributed by atoms with Crippen LogP contribution >= 0.6 is 39.1 Å². The fourth-order valence-corrected chi connectivity index (χ4v) is 6.52. The molecule has 0 saturated carbocycles. The summed E-state index contributed by atoms with van der Waals surface area (Å²) in [7, 11) is 0. The highest BCUT2D eigenvalue weighted by Gasteiger charge is 2.24. The van der Waals surface area contributed by atoms with E-state index in [9.17, 15) is 0 Å². The summed E-state index contributed by atoms with van der Waals surface area (Å²) in [6, 6.07) is 50.4. The molecule has 2 nitrogen and oxygen atoms in total. The molecule has 6 aromatic carbocycles. The number of halogens is 3. The van der Waals surface area contributed by atoms with Crippen molar-refractivity contribution in [3.8, 4) is 11.1 Å². The van der Waals surface area contributed by atoms with E-state index in [1.165, 1.54) is 5.56 Å². The highest BCUT2D eigenvalue weighted by atomic mass is 79.9. The van der Waals surface area contributed by atoms with Gasteiger partial charge in [-0.2, -0.15) is 0 Å². The van der Waals surface area contributed by atoms with E-state index in [0.29, 0.717) is 10.0 Å². The number of para-hydroxylation sites is 2. The summed E-state index contributed by atoms with van der Waals surface area (Å²) < 4.78 is 0.732. The summed E-state index contributed by atoms with van der Waals surface area (Å²) in [5.74, 6) is 0. The van der Waals surface area contributed by atoms with Gasteiger partial charge in [0.2, 0.25) is 0 Å². The van der Waals surface area contributed by atoms with Gasteiger partial charge < -0.3 is 9.80 Å². The van der Waals surface area contributed by atoms with Gasteiger partial charge in [0.25, 0.3) is 0 Å². The number of benzene rings is 6. The van der Waals surface area contributed by atoms with Crippen molar-refractivity contribution in [3.63, 3.8) is 0 Å². The molecule has 0 fully saturated rings. The normalized spacial score (nSPS) is 11.3. The van der Waals surface area contributed by atoms with Crippen LogP contribution in [0.2, 0.25) is 10.0 Å². The smallest absolute Gasteiger partial charge is 0.0789 e. The van der Waals surface area contributed by atoms with Gasteiger partial charge in [0.15, 0.2) is 0 Å². The first-order valence-corrected chi connectivity index (χ1v) is 16.4. The lowest BCUT2D eigenvalue weighted by Gasteiger charge is -2.32. The van der Waals surface area contributed by atoms with Crippen molar-refractivity contribution in [1.82, 2.24) is 0 Å². The Kier molecular flexibility index (Phi) is 9.05. The predicted octanol–water partition coefficient (Wildman–Crippen LogP) is 13.7. The minimum atomic E-state index is -0.0323. The molecule has 0 spiro atoms. The van der Waals surface area contributed by atoms with Gasteiger partial charge >= 0.3 is 0 Å². The monoisotopic (exact) mass is 690 g/mol. The van der Waals surface area contributed by atoms with Crippen molar-refractivity contribution in [2.45, 2.75) is 26.2 Å². The second kappa shape index (κ2) is 13.1. The van der Waals surface area contributed by atoms with Gasteiger partial charge in [0, 0.05) is 37.8 Å². The van der Waals surface area contributed by atoms with E-state index in [4.69, 9.17) is 23.2 Å². The second-order valence-corrected chi connectivity index (χ2v) is 13.6. The van der Waals surface area contributed by atoms with Crippen LogP contribution in [-0.2, 0) is 5.41 Å². The quantitative estimate of drug-likeness (QED) is 0.154. The van der Waals surface area contributed by atoms with Gasteiger partial charge in [0.1, 0.15) is 0 Å². The van der Waals surface area contributed by atoms with E-state index in [1.54, 1.807) is 0 Å². The minimum absolute atomic E-state index is 0.0323. The van der Waals surface area contributed by atoms with E-state index in [1.807, 2.05) is 30.3 Å². The molecular weight excluding hydrogens is 659 g/mol. The number of hydrogen-bond acceptors (Lipinski definition) is 2. The number of anilines is 6. The largest absolute Gasteiger partial charge is 0.310 e. The van der Waals surface area contributed by atoms with Crippen LogP contribution in [0.1, 0.15) is 26.3 Å². The van der Waals surface area contributed by atoms with Crippen molar-refractivity contribution >= 4 is 73.3 Å². The van der Waals surface area contributed by atoms with E-state index in [2.05, 4.69) is 162 Å². The Bertz CT molecular complexity index is 1880. The summed E-state index contributed by atoms with van der Waals surface area (Å²) in [5.41, 5.74) is 9.29. The second-order valence-electron chi connectivity index (χ2n) is 11.9. The van der Waals surface area contributed by atoms with E-state index in [0.717, 1.165) is 49.7 Å². The Hall–Kier alpha value is -4.02. The molecule has 0 unspecified atom stereocenters. The van der Waals surface area contributed by atoms with Crippen LogP contribution in [0.4, 0.5) is 34.1 Å². The first-order valence-electron chi connectivity index (χ1n) is 14.9. The zero-order valence-electron chi connectivity index (χ0n) is 25.4. The molecule has 0 aliphatic heterocycles. The first kappa shape index (κ1) is 31.0. The summed E-state index contributed by atoms with van der Waals surface area (Å²) in [4.78, 5) is 4.48. The van der Waals surface area contributed by atoms with E-state index in [-0.39, 0.29) is 5.41 Å². The Morgan fingerprint density at radius 1 is 0.511 bits per heavy atom. The average Bonchev–Trinajstić information content (AvgIpc) is 3.05. The molecule has 45 heavy (non-hydrogen) atoms. The lowest BCUT2D eigenvalue weighted by Crippen LogP contribution is -2.16. The molecule has 0 radical (unpaired) electrons. The molecule has 0 amide bonds. The zero-order valence-corrected chi connectivity index (χ0v) is 28.5. The van der Waals surface area contributed by atoms with Crippen molar-refractivity contribution in [2.75, 3.05) is 9.80 Å². The number of hydrogen-bond donors (Lipinski definition) is 0. The minimum Gasteiger partial charge on any atom is -0.310 e. The highest BCUT2D eigenvalue weighted by molar-refractivity contribution is 9.10. The summed E-state index contributed by atoms with van der Waals surface area (Å²) in [6.45, 7) is 6.72. The van der Waals surface area contributed by atoms with Gasteiger partial charge in [-0.3, -0.25) is 0 Å². The molecule has 0 N–H and O–H groups in total. The third kappa shape index (κ3) is 6.67. The summed E-state index contributed by atoms with van der Waals surface area (Å²) >= 11 is 17.5. The molecule has 0 bridgehead atoms. The molecule has 5 heteroatoms. The molecular formula is C40H33BrCl2N2. The molecule has 0 atom stereocenters. The topological polar surface area (TPSA) is 6.48 Å². The average molecular weight is 693 g/mol. The Morgan fingerprint density at radius 3 is 1.62 bits per heavy atom. The van der Waals surface area contributed by atoms with Crippen molar-refractivity contribution in [2.24, 2.45) is 0 Å². The molecule has 0 heterocycles. The number of rotatable bonds is 7. The van der Waals surface area contributed by atoms with Gasteiger partial charge in [-0.1, -0.05) is 123 Å². The van der Waals surface area contributed by atoms with Crippen molar-refractivity contribution in [1.29, 1.82) is 0 Å². The van der Waals surface area contributed by atoms with Crippen LogP contribution in [0, 0.1) is 0 Å². The van der Waals surface area contributed by atoms with Crippen LogP contribution in [0.15, 0.2) is 150 Å². The Balaban J connectivity index is 1.62. The van der Waals surface area contributed by atoms with Gasteiger partial charge in [0.05, 0.1) is 16.4 Å². The van der Waals surface area contributed by atoms with Gasteiger partial charge in [-0.15, -0.1) is 0 Å². The fraction of sp³-hybridized carbons (Fsp3) is 0.100. The van der Waals surface area contributed by atoms with Gasteiger partial charge in [-0.05, 0) is 99.2 Å². The highest BCUT2D eigenvalue weighted by Crippen LogP contribution is 2.48. The molecule has 224 valence electrons. The van der Waals surface area contributed by atoms with Crippen LogP contribution in [-0.4, -0.2) is 0 Å².